The first-order valence-electron chi connectivity index (χ1n) is 6.10. The molecule has 0 radical (unpaired) electrons. The summed E-state index contributed by atoms with van der Waals surface area (Å²) in [6, 6.07) is 9.07. The van der Waals surface area contributed by atoms with E-state index in [1.165, 1.54) is 24.3 Å². The molecule has 0 aromatic heterocycles. The van der Waals surface area contributed by atoms with E-state index < -0.39 is 28.2 Å². The van der Waals surface area contributed by atoms with E-state index in [1.54, 1.807) is 6.07 Å². The van der Waals surface area contributed by atoms with Crippen LogP contribution >= 0.6 is 0 Å². The SMILES string of the molecule is O=[N+]([O-])c1ccccc1NCC(O)c1c(F)cccc1F. The third kappa shape index (κ3) is 3.32. The van der Waals surface area contributed by atoms with Gasteiger partial charge in [0.25, 0.3) is 5.69 Å². The number of nitrogens with one attached hydrogen (secondary N) is 1. The molecule has 2 rings (SSSR count). The highest BCUT2D eigenvalue weighted by Crippen LogP contribution is 2.25. The van der Waals surface area contributed by atoms with Gasteiger partial charge in [-0.1, -0.05) is 18.2 Å². The molecule has 110 valence electrons. The second-order valence-electron chi connectivity index (χ2n) is 4.31. The lowest BCUT2D eigenvalue weighted by molar-refractivity contribution is -0.384. The van der Waals surface area contributed by atoms with Crippen LogP contribution in [0.25, 0.3) is 0 Å². The molecule has 0 aliphatic heterocycles. The van der Waals surface area contributed by atoms with Crippen LogP contribution in [0.3, 0.4) is 0 Å². The van der Waals surface area contributed by atoms with Crippen LogP contribution in [0.15, 0.2) is 42.5 Å². The van der Waals surface area contributed by atoms with Gasteiger partial charge in [-0.25, -0.2) is 8.78 Å². The van der Waals surface area contributed by atoms with E-state index in [-0.39, 0.29) is 17.9 Å². The molecule has 7 heteroatoms. The molecule has 2 N–H and O–H groups in total. The number of aliphatic hydroxyl groups excluding tert-OH is 1. The van der Waals surface area contributed by atoms with Crippen LogP contribution in [0.1, 0.15) is 11.7 Å². The van der Waals surface area contributed by atoms with E-state index in [2.05, 4.69) is 5.32 Å². The van der Waals surface area contributed by atoms with Crippen LogP contribution in [0.5, 0.6) is 0 Å². The van der Waals surface area contributed by atoms with Gasteiger partial charge in [0.15, 0.2) is 0 Å². The fourth-order valence-electron chi connectivity index (χ4n) is 1.92. The molecule has 0 bridgehead atoms. The summed E-state index contributed by atoms with van der Waals surface area (Å²) in [5.74, 6) is -1.74. The first-order chi connectivity index (χ1) is 10.0. The summed E-state index contributed by atoms with van der Waals surface area (Å²) >= 11 is 0. The Labute approximate surface area is 119 Å². The second kappa shape index (κ2) is 6.27. The zero-order valence-corrected chi connectivity index (χ0v) is 10.8. The Kier molecular flexibility index (Phi) is 4.44. The Balaban J connectivity index is 2.15. The Bertz CT molecular complexity index is 644. The predicted molar refractivity (Wildman–Crippen MR) is 72.9 cm³/mol. The lowest BCUT2D eigenvalue weighted by Crippen LogP contribution is -2.15. The number of nitrogens with zero attached hydrogens (tertiary/aromatic N) is 1. The van der Waals surface area contributed by atoms with Gasteiger partial charge in [0.05, 0.1) is 10.5 Å². The van der Waals surface area contributed by atoms with Gasteiger partial charge in [0.2, 0.25) is 0 Å². The monoisotopic (exact) mass is 294 g/mol. The van der Waals surface area contributed by atoms with E-state index >= 15 is 0 Å². The number of rotatable bonds is 5. The first-order valence-corrected chi connectivity index (χ1v) is 6.10. The summed E-state index contributed by atoms with van der Waals surface area (Å²) in [6.45, 7) is -0.261. The number of hydrogen-bond acceptors (Lipinski definition) is 4. The summed E-state index contributed by atoms with van der Waals surface area (Å²) in [7, 11) is 0. The minimum Gasteiger partial charge on any atom is -0.386 e. The Morgan fingerprint density at radius 1 is 1.14 bits per heavy atom. The second-order valence-corrected chi connectivity index (χ2v) is 4.31. The molecule has 0 amide bonds. The topological polar surface area (TPSA) is 75.4 Å². The zero-order valence-electron chi connectivity index (χ0n) is 10.8. The lowest BCUT2D eigenvalue weighted by Gasteiger charge is -2.14. The van der Waals surface area contributed by atoms with E-state index in [0.29, 0.717) is 0 Å². The number of aliphatic hydroxyl groups is 1. The number of anilines is 1. The van der Waals surface area contributed by atoms with Crippen molar-refractivity contribution in [1.82, 2.24) is 0 Å². The first kappa shape index (κ1) is 14.9. The summed E-state index contributed by atoms with van der Waals surface area (Å²) < 4.78 is 27.0. The largest absolute Gasteiger partial charge is 0.386 e. The fraction of sp³-hybridized carbons (Fsp3) is 0.143. The van der Waals surface area contributed by atoms with Crippen LogP contribution in [0, 0.1) is 21.7 Å². The van der Waals surface area contributed by atoms with Gasteiger partial charge in [-0.15, -0.1) is 0 Å². The van der Waals surface area contributed by atoms with E-state index in [4.69, 9.17) is 0 Å². The molecular weight excluding hydrogens is 282 g/mol. The molecular formula is C14H12F2N2O3. The average Bonchev–Trinajstić information content (AvgIpc) is 2.45. The molecule has 0 spiro atoms. The third-order valence-corrected chi connectivity index (χ3v) is 2.92. The minimum absolute atomic E-state index is 0.165. The van der Waals surface area contributed by atoms with Gasteiger partial charge in [0.1, 0.15) is 23.4 Å². The van der Waals surface area contributed by atoms with Crippen LogP contribution in [-0.2, 0) is 0 Å². The van der Waals surface area contributed by atoms with Crippen molar-refractivity contribution in [3.8, 4) is 0 Å². The van der Waals surface area contributed by atoms with Crippen molar-refractivity contribution in [3.63, 3.8) is 0 Å². The van der Waals surface area contributed by atoms with Gasteiger partial charge in [-0.05, 0) is 18.2 Å². The number of para-hydroxylation sites is 2. The molecule has 0 saturated carbocycles. The van der Waals surface area contributed by atoms with Crippen molar-refractivity contribution in [1.29, 1.82) is 0 Å². The van der Waals surface area contributed by atoms with Crippen molar-refractivity contribution < 1.29 is 18.8 Å². The van der Waals surface area contributed by atoms with Crippen molar-refractivity contribution in [2.45, 2.75) is 6.10 Å². The summed E-state index contributed by atoms with van der Waals surface area (Å²) in [4.78, 5) is 10.2. The van der Waals surface area contributed by atoms with Crippen LogP contribution in [-0.4, -0.2) is 16.6 Å². The van der Waals surface area contributed by atoms with Crippen molar-refractivity contribution in [2.75, 3.05) is 11.9 Å². The number of nitro benzene ring substituents is 1. The van der Waals surface area contributed by atoms with Crippen LogP contribution in [0.4, 0.5) is 20.2 Å². The third-order valence-electron chi connectivity index (χ3n) is 2.92. The molecule has 0 saturated heterocycles. The Hall–Kier alpha value is -2.54. The van der Waals surface area contributed by atoms with Crippen molar-refractivity contribution in [3.05, 3.63) is 69.8 Å². The molecule has 2 aromatic carbocycles. The number of halogens is 2. The minimum atomic E-state index is -1.47. The molecule has 0 aliphatic carbocycles. The number of benzene rings is 2. The van der Waals surface area contributed by atoms with Gasteiger partial charge < -0.3 is 10.4 Å². The number of hydrogen-bond donors (Lipinski definition) is 2. The van der Waals surface area contributed by atoms with Crippen LogP contribution in [0.2, 0.25) is 0 Å². The Morgan fingerprint density at radius 2 is 1.76 bits per heavy atom. The maximum atomic E-state index is 13.5. The maximum Gasteiger partial charge on any atom is 0.292 e. The molecule has 0 fully saturated rings. The lowest BCUT2D eigenvalue weighted by atomic mass is 10.1. The molecule has 0 heterocycles. The highest BCUT2D eigenvalue weighted by atomic mass is 19.1. The highest BCUT2D eigenvalue weighted by Gasteiger charge is 2.19. The molecule has 2 aromatic rings. The highest BCUT2D eigenvalue weighted by molar-refractivity contribution is 5.61. The molecule has 1 unspecified atom stereocenters. The predicted octanol–water partition coefficient (Wildman–Crippen LogP) is 3.02. The van der Waals surface area contributed by atoms with E-state index in [9.17, 15) is 24.0 Å². The van der Waals surface area contributed by atoms with E-state index in [1.807, 2.05) is 0 Å². The maximum absolute atomic E-state index is 13.5. The summed E-state index contributed by atoms with van der Waals surface area (Å²) in [5, 5.41) is 23.3. The smallest absolute Gasteiger partial charge is 0.292 e. The fourth-order valence-corrected chi connectivity index (χ4v) is 1.92. The van der Waals surface area contributed by atoms with Gasteiger partial charge >= 0.3 is 0 Å². The van der Waals surface area contributed by atoms with Crippen molar-refractivity contribution >= 4 is 11.4 Å². The summed E-state index contributed by atoms with van der Waals surface area (Å²) in [6.07, 6.45) is -1.47. The van der Waals surface area contributed by atoms with E-state index in [0.717, 1.165) is 12.1 Å². The molecule has 1 atom stereocenters. The Morgan fingerprint density at radius 3 is 2.38 bits per heavy atom. The van der Waals surface area contributed by atoms with Gasteiger partial charge in [-0.2, -0.15) is 0 Å². The molecule has 5 nitrogen and oxygen atoms in total. The molecule has 21 heavy (non-hydrogen) atoms. The number of nitro groups is 1. The average molecular weight is 294 g/mol. The normalized spacial score (nSPS) is 12.0. The summed E-state index contributed by atoms with van der Waals surface area (Å²) in [5.41, 5.74) is -0.486. The van der Waals surface area contributed by atoms with Gasteiger partial charge in [-0.3, -0.25) is 10.1 Å². The standard InChI is InChI=1S/C14H12F2N2O3/c15-9-4-3-5-10(16)14(9)13(19)8-17-11-6-1-2-7-12(11)18(20)21/h1-7,13,17,19H,8H2. The zero-order chi connectivity index (χ0) is 15.4. The van der Waals surface area contributed by atoms with Gasteiger partial charge in [0, 0.05) is 12.6 Å². The molecule has 0 aliphatic rings. The van der Waals surface area contributed by atoms with Crippen LogP contribution < -0.4 is 5.32 Å². The quantitative estimate of drug-likeness (QED) is 0.656. The van der Waals surface area contributed by atoms with Crippen molar-refractivity contribution in [2.24, 2.45) is 0 Å².